The van der Waals surface area contributed by atoms with Crippen LogP contribution in [0.3, 0.4) is 0 Å². The molecule has 0 fully saturated rings. The van der Waals surface area contributed by atoms with Crippen LogP contribution in [0.2, 0.25) is 0 Å². The van der Waals surface area contributed by atoms with Gasteiger partial charge in [0.15, 0.2) is 11.5 Å². The Bertz CT molecular complexity index is 972. The molecule has 3 aromatic carbocycles. The zero-order chi connectivity index (χ0) is 18.7. The molecule has 0 saturated heterocycles. The highest BCUT2D eigenvalue weighted by molar-refractivity contribution is 6.00. The number of hydrogen-bond donors (Lipinski definition) is 2. The molecule has 0 amide bonds. The molecule has 3 aromatic rings. The van der Waals surface area contributed by atoms with Crippen molar-refractivity contribution in [3.8, 4) is 11.5 Å². The highest BCUT2D eigenvalue weighted by Gasteiger charge is 2.19. The molecule has 134 valence electrons. The van der Waals surface area contributed by atoms with Crippen LogP contribution < -0.4 is 20.5 Å². The van der Waals surface area contributed by atoms with Gasteiger partial charge in [0.05, 0.1) is 30.8 Å². The first-order valence-corrected chi connectivity index (χ1v) is 7.95. The zero-order valence-corrected chi connectivity index (χ0v) is 14.5. The van der Waals surface area contributed by atoms with Crippen molar-refractivity contribution >= 4 is 27.8 Å². The van der Waals surface area contributed by atoms with Gasteiger partial charge >= 0.3 is 0 Å². The van der Waals surface area contributed by atoms with Gasteiger partial charge < -0.3 is 20.5 Å². The Labute approximate surface area is 150 Å². The maximum atomic E-state index is 11.4. The summed E-state index contributed by atoms with van der Waals surface area (Å²) in [5.74, 6) is 0.762. The van der Waals surface area contributed by atoms with Crippen molar-refractivity contribution in [3.63, 3.8) is 0 Å². The van der Waals surface area contributed by atoms with E-state index in [0.717, 1.165) is 16.5 Å². The minimum atomic E-state index is -0.430. The topological polar surface area (TPSA) is 99.7 Å². The predicted molar refractivity (Wildman–Crippen MR) is 102 cm³/mol. The van der Waals surface area contributed by atoms with Crippen LogP contribution in [0.1, 0.15) is 5.56 Å². The van der Waals surface area contributed by atoms with Crippen LogP contribution in [-0.4, -0.2) is 19.1 Å². The average molecular weight is 353 g/mol. The molecule has 0 spiro atoms. The van der Waals surface area contributed by atoms with Crippen molar-refractivity contribution < 1.29 is 14.4 Å². The fraction of sp³-hybridized carbons (Fsp3) is 0.158. The Morgan fingerprint density at radius 1 is 1.04 bits per heavy atom. The summed E-state index contributed by atoms with van der Waals surface area (Å²) < 4.78 is 10.4. The summed E-state index contributed by atoms with van der Waals surface area (Å²) in [6, 6.07) is 14.4. The van der Waals surface area contributed by atoms with Crippen molar-refractivity contribution in [2.75, 3.05) is 25.3 Å². The Hall–Kier alpha value is -3.48. The molecule has 26 heavy (non-hydrogen) atoms. The normalized spacial score (nSPS) is 10.5. The molecule has 0 saturated carbocycles. The van der Waals surface area contributed by atoms with E-state index >= 15 is 0 Å². The summed E-state index contributed by atoms with van der Waals surface area (Å²) in [6.45, 7) is 0.255. The number of fused-ring (bicyclic) bond motifs is 1. The molecule has 0 radical (unpaired) electrons. The van der Waals surface area contributed by atoms with Crippen molar-refractivity contribution in [1.82, 2.24) is 0 Å². The van der Waals surface area contributed by atoms with Gasteiger partial charge in [-0.1, -0.05) is 24.3 Å². The molecule has 0 unspecified atom stereocenters. The number of nitrogen functional groups attached to an aromatic ring is 1. The van der Waals surface area contributed by atoms with E-state index in [1.807, 2.05) is 36.4 Å². The van der Waals surface area contributed by atoms with E-state index < -0.39 is 4.92 Å². The lowest BCUT2D eigenvalue weighted by molar-refractivity contribution is -0.385. The van der Waals surface area contributed by atoms with E-state index in [1.165, 1.54) is 20.3 Å². The first kappa shape index (κ1) is 17.3. The second-order valence-corrected chi connectivity index (χ2v) is 5.69. The predicted octanol–water partition coefficient (Wildman–Crippen LogP) is 3.96. The Balaban J connectivity index is 1.97. The number of nitrogens with one attached hydrogen (secondary N) is 1. The van der Waals surface area contributed by atoms with Gasteiger partial charge in [-0.25, -0.2) is 0 Å². The van der Waals surface area contributed by atoms with Gasteiger partial charge in [0, 0.05) is 28.7 Å². The van der Waals surface area contributed by atoms with E-state index in [9.17, 15) is 10.1 Å². The summed E-state index contributed by atoms with van der Waals surface area (Å²) in [5.41, 5.74) is 8.01. The monoisotopic (exact) mass is 353 g/mol. The molecule has 0 aliphatic carbocycles. The number of anilines is 2. The second kappa shape index (κ2) is 7.18. The van der Waals surface area contributed by atoms with Crippen LogP contribution in [0.25, 0.3) is 10.8 Å². The molecule has 0 aromatic heterocycles. The first-order valence-electron chi connectivity index (χ1n) is 7.95. The van der Waals surface area contributed by atoms with Crippen molar-refractivity contribution in [3.05, 3.63) is 64.2 Å². The highest BCUT2D eigenvalue weighted by atomic mass is 16.6. The number of nitro groups is 1. The number of methoxy groups -OCH3 is 2. The number of nitrogens with zero attached hydrogens (tertiary/aromatic N) is 1. The number of rotatable bonds is 6. The molecular weight excluding hydrogens is 334 g/mol. The maximum Gasteiger partial charge on any atom is 0.278 e. The fourth-order valence-corrected chi connectivity index (χ4v) is 2.90. The molecule has 7 heteroatoms. The lowest BCUT2D eigenvalue weighted by atomic mass is 10.1. The van der Waals surface area contributed by atoms with Crippen LogP contribution in [-0.2, 0) is 6.54 Å². The second-order valence-electron chi connectivity index (χ2n) is 5.69. The van der Waals surface area contributed by atoms with Gasteiger partial charge in [-0.15, -0.1) is 0 Å². The molecular formula is C19H19N3O4. The molecule has 3 rings (SSSR count). The van der Waals surface area contributed by atoms with Crippen LogP contribution in [0.4, 0.5) is 17.1 Å². The number of nitrogens with two attached hydrogens (primary N) is 1. The quantitative estimate of drug-likeness (QED) is 0.395. The average Bonchev–Trinajstić information content (AvgIpc) is 2.65. The molecule has 7 nitrogen and oxygen atoms in total. The lowest BCUT2D eigenvalue weighted by Gasteiger charge is -2.13. The van der Waals surface area contributed by atoms with Gasteiger partial charge in [0.2, 0.25) is 0 Å². The SMILES string of the molecule is COc1cc(CNc2cccc3c(N)cccc23)c([N+](=O)[O-])cc1OC. The van der Waals surface area contributed by atoms with Crippen LogP contribution in [0.5, 0.6) is 11.5 Å². The Morgan fingerprint density at radius 2 is 1.69 bits per heavy atom. The number of nitro benzene ring substituents is 1. The van der Waals surface area contributed by atoms with Crippen LogP contribution >= 0.6 is 0 Å². The minimum absolute atomic E-state index is 0.0325. The van der Waals surface area contributed by atoms with E-state index in [0.29, 0.717) is 22.7 Å². The summed E-state index contributed by atoms with van der Waals surface area (Å²) >= 11 is 0. The van der Waals surface area contributed by atoms with Crippen LogP contribution in [0, 0.1) is 10.1 Å². The summed E-state index contributed by atoms with van der Waals surface area (Å²) in [4.78, 5) is 11.0. The molecule has 3 N–H and O–H groups in total. The lowest BCUT2D eigenvalue weighted by Crippen LogP contribution is -2.05. The third-order valence-electron chi connectivity index (χ3n) is 4.21. The van der Waals surface area contributed by atoms with E-state index in [4.69, 9.17) is 15.2 Å². The molecule has 0 aliphatic rings. The van der Waals surface area contributed by atoms with Crippen molar-refractivity contribution in [1.29, 1.82) is 0 Å². The maximum absolute atomic E-state index is 11.4. The van der Waals surface area contributed by atoms with Gasteiger partial charge in [-0.2, -0.15) is 0 Å². The third-order valence-corrected chi connectivity index (χ3v) is 4.21. The van der Waals surface area contributed by atoms with Crippen LogP contribution in [0.15, 0.2) is 48.5 Å². The Morgan fingerprint density at radius 3 is 2.38 bits per heavy atom. The van der Waals surface area contributed by atoms with Crippen molar-refractivity contribution in [2.24, 2.45) is 0 Å². The van der Waals surface area contributed by atoms with Gasteiger partial charge in [-0.05, 0) is 18.2 Å². The molecule has 0 atom stereocenters. The highest BCUT2D eigenvalue weighted by Crippen LogP contribution is 2.35. The summed E-state index contributed by atoms with van der Waals surface area (Å²) in [6.07, 6.45) is 0. The van der Waals surface area contributed by atoms with Gasteiger partial charge in [-0.3, -0.25) is 10.1 Å². The first-order chi connectivity index (χ1) is 12.5. The number of hydrogen-bond acceptors (Lipinski definition) is 6. The molecule has 0 bridgehead atoms. The van der Waals surface area contributed by atoms with Gasteiger partial charge in [0.25, 0.3) is 5.69 Å². The fourth-order valence-electron chi connectivity index (χ4n) is 2.90. The van der Waals surface area contributed by atoms with E-state index in [1.54, 1.807) is 6.07 Å². The van der Waals surface area contributed by atoms with Crippen molar-refractivity contribution in [2.45, 2.75) is 6.54 Å². The molecule has 0 aliphatic heterocycles. The number of benzene rings is 3. The zero-order valence-electron chi connectivity index (χ0n) is 14.5. The standard InChI is InChI=1S/C19H19N3O4/c1-25-18-9-12(17(22(23)24)10-19(18)26-2)11-21-16-8-4-5-13-14(16)6-3-7-15(13)20/h3-10,21H,11,20H2,1-2H3. The minimum Gasteiger partial charge on any atom is -0.493 e. The third kappa shape index (κ3) is 3.19. The molecule has 0 heterocycles. The number of ether oxygens (including phenoxy) is 2. The smallest absolute Gasteiger partial charge is 0.278 e. The van der Waals surface area contributed by atoms with E-state index in [2.05, 4.69) is 5.32 Å². The van der Waals surface area contributed by atoms with Gasteiger partial charge in [0.1, 0.15) is 0 Å². The van der Waals surface area contributed by atoms with E-state index in [-0.39, 0.29) is 12.2 Å². The largest absolute Gasteiger partial charge is 0.493 e. The summed E-state index contributed by atoms with van der Waals surface area (Å²) in [5, 5.41) is 16.6. The summed E-state index contributed by atoms with van der Waals surface area (Å²) in [7, 11) is 2.94. The Kier molecular flexibility index (Phi) is 4.79.